The van der Waals surface area contributed by atoms with Gasteiger partial charge in [0.1, 0.15) is 6.61 Å². The molecule has 8 nitrogen and oxygen atoms in total. The van der Waals surface area contributed by atoms with Gasteiger partial charge in [0.05, 0.1) is 7.11 Å². The van der Waals surface area contributed by atoms with Crippen molar-refractivity contribution < 1.29 is 18.8 Å². The molecule has 1 heterocycles. The largest absolute Gasteiger partial charge is 0.493 e. The molecule has 0 fully saturated rings. The second kappa shape index (κ2) is 12.2. The van der Waals surface area contributed by atoms with Crippen LogP contribution < -0.4 is 14.8 Å². The van der Waals surface area contributed by atoms with E-state index < -0.39 is 0 Å². The summed E-state index contributed by atoms with van der Waals surface area (Å²) >= 11 is 0. The third-order valence-corrected chi connectivity index (χ3v) is 4.80. The van der Waals surface area contributed by atoms with E-state index in [9.17, 15) is 4.79 Å². The van der Waals surface area contributed by atoms with Crippen LogP contribution in [-0.2, 0) is 11.2 Å². The molecule has 2 aromatic rings. The van der Waals surface area contributed by atoms with Crippen molar-refractivity contribution in [3.8, 4) is 11.5 Å². The van der Waals surface area contributed by atoms with E-state index >= 15 is 0 Å². The minimum Gasteiger partial charge on any atom is -0.493 e. The molecule has 0 bridgehead atoms. The number of hydrogen-bond donors (Lipinski definition) is 1. The molecule has 0 radical (unpaired) electrons. The fraction of sp³-hybridized carbons (Fsp3) is 0.591. The number of aromatic nitrogens is 2. The van der Waals surface area contributed by atoms with Crippen LogP contribution >= 0.6 is 0 Å². The summed E-state index contributed by atoms with van der Waals surface area (Å²) in [5.74, 6) is 2.68. The van der Waals surface area contributed by atoms with Crippen LogP contribution in [0.2, 0.25) is 0 Å². The van der Waals surface area contributed by atoms with Gasteiger partial charge in [0.2, 0.25) is 11.8 Å². The van der Waals surface area contributed by atoms with Crippen LogP contribution in [0.5, 0.6) is 11.5 Å². The highest BCUT2D eigenvalue weighted by atomic mass is 16.5. The first kappa shape index (κ1) is 23.7. The maximum atomic E-state index is 12.3. The Morgan fingerprint density at radius 3 is 2.63 bits per heavy atom. The highest BCUT2D eigenvalue weighted by molar-refractivity contribution is 5.91. The zero-order valence-corrected chi connectivity index (χ0v) is 18.7. The average Bonchev–Trinajstić information content (AvgIpc) is 3.21. The zero-order valence-electron chi connectivity index (χ0n) is 18.7. The number of amides is 1. The highest BCUT2D eigenvalue weighted by Crippen LogP contribution is 2.30. The Morgan fingerprint density at radius 2 is 2.00 bits per heavy atom. The Kier molecular flexibility index (Phi) is 9.60. The topological polar surface area (TPSA) is 89.7 Å². The average molecular weight is 419 g/mol. The molecule has 1 aromatic heterocycles. The molecular weight excluding hydrogens is 384 g/mol. The van der Waals surface area contributed by atoms with E-state index in [0.717, 1.165) is 19.6 Å². The quantitative estimate of drug-likeness (QED) is 0.528. The fourth-order valence-corrected chi connectivity index (χ4v) is 2.92. The lowest BCUT2D eigenvalue weighted by Gasteiger charge is -2.19. The van der Waals surface area contributed by atoms with Gasteiger partial charge in [0.25, 0.3) is 0 Å². The van der Waals surface area contributed by atoms with E-state index in [2.05, 4.69) is 34.2 Å². The van der Waals surface area contributed by atoms with Crippen molar-refractivity contribution in [1.29, 1.82) is 0 Å². The number of benzene rings is 1. The van der Waals surface area contributed by atoms with Gasteiger partial charge in [-0.05, 0) is 31.6 Å². The molecule has 0 unspecified atom stereocenters. The van der Waals surface area contributed by atoms with Gasteiger partial charge in [0.15, 0.2) is 17.3 Å². The summed E-state index contributed by atoms with van der Waals surface area (Å²) < 4.78 is 16.5. The van der Waals surface area contributed by atoms with Gasteiger partial charge >= 0.3 is 0 Å². The van der Waals surface area contributed by atoms with Crippen LogP contribution in [0.4, 0.5) is 5.69 Å². The number of methoxy groups -OCH3 is 1. The molecule has 1 N–H and O–H groups in total. The summed E-state index contributed by atoms with van der Waals surface area (Å²) in [6, 6.07) is 5.40. The number of carbonyl (C=O) groups excluding carboxylic acids is 1. The van der Waals surface area contributed by atoms with E-state index in [1.807, 2.05) is 13.8 Å². The van der Waals surface area contributed by atoms with Crippen LogP contribution in [0.3, 0.4) is 0 Å². The predicted molar refractivity (Wildman–Crippen MR) is 116 cm³/mol. The highest BCUT2D eigenvalue weighted by Gasteiger charge is 2.12. The summed E-state index contributed by atoms with van der Waals surface area (Å²) in [5.41, 5.74) is 0.679. The second-order valence-corrected chi connectivity index (χ2v) is 7.34. The molecule has 0 saturated heterocycles. The summed E-state index contributed by atoms with van der Waals surface area (Å²) in [5, 5.41) is 6.85. The number of hydrogen-bond acceptors (Lipinski definition) is 7. The number of rotatable bonds is 13. The van der Waals surface area contributed by atoms with Crippen molar-refractivity contribution in [3.05, 3.63) is 29.9 Å². The number of aryl methyl sites for hydroxylation is 1. The van der Waals surface area contributed by atoms with Crippen molar-refractivity contribution in [2.45, 2.75) is 52.9 Å². The van der Waals surface area contributed by atoms with Gasteiger partial charge < -0.3 is 24.2 Å². The lowest BCUT2D eigenvalue weighted by Crippen LogP contribution is -2.28. The summed E-state index contributed by atoms with van der Waals surface area (Å²) in [6.45, 7) is 11.6. The first-order valence-electron chi connectivity index (χ1n) is 10.6. The molecule has 0 aliphatic carbocycles. The summed E-state index contributed by atoms with van der Waals surface area (Å²) in [7, 11) is 1.60. The smallest absolute Gasteiger partial charge is 0.226 e. The van der Waals surface area contributed by atoms with Crippen LogP contribution in [0, 0.1) is 0 Å². The molecule has 0 aliphatic rings. The number of ether oxygens (including phenoxy) is 2. The summed E-state index contributed by atoms with van der Waals surface area (Å²) in [6.07, 6.45) is 1.58. The molecule has 1 aromatic carbocycles. The molecule has 30 heavy (non-hydrogen) atoms. The number of nitrogens with one attached hydrogen (secondary N) is 1. The van der Waals surface area contributed by atoms with Crippen molar-refractivity contribution in [1.82, 2.24) is 15.0 Å². The van der Waals surface area contributed by atoms with Crippen LogP contribution in [0.1, 0.15) is 58.2 Å². The van der Waals surface area contributed by atoms with E-state index in [-0.39, 0.29) is 11.8 Å². The molecule has 2 rings (SSSR count). The third-order valence-electron chi connectivity index (χ3n) is 4.80. The lowest BCUT2D eigenvalue weighted by atomic mass is 10.2. The van der Waals surface area contributed by atoms with E-state index in [1.54, 1.807) is 25.3 Å². The zero-order chi connectivity index (χ0) is 21.9. The number of carbonyl (C=O) groups is 1. The minimum absolute atomic E-state index is 0.0714. The van der Waals surface area contributed by atoms with E-state index in [1.165, 1.54) is 0 Å². The monoisotopic (exact) mass is 418 g/mol. The Bertz CT molecular complexity index is 787. The van der Waals surface area contributed by atoms with Crippen molar-refractivity contribution in [2.75, 3.05) is 38.7 Å². The molecule has 0 saturated carbocycles. The normalized spacial score (nSPS) is 11.2. The Labute approximate surface area is 178 Å². The molecule has 1 amide bonds. The maximum absolute atomic E-state index is 12.3. The van der Waals surface area contributed by atoms with E-state index in [4.69, 9.17) is 14.0 Å². The SMILES string of the molecule is CCN(CC)CCOc1cc(NC(=O)CCCc2nc(C(C)C)no2)ccc1OC. The van der Waals surface area contributed by atoms with Crippen molar-refractivity contribution in [3.63, 3.8) is 0 Å². The van der Waals surface area contributed by atoms with Gasteiger partial charge in [-0.3, -0.25) is 4.79 Å². The minimum atomic E-state index is -0.0714. The van der Waals surface area contributed by atoms with Gasteiger partial charge in [-0.25, -0.2) is 0 Å². The molecule has 0 aliphatic heterocycles. The second-order valence-electron chi connectivity index (χ2n) is 7.34. The standard InChI is InChI=1S/C22H34N4O4/c1-6-26(7-2)13-14-29-19-15-17(11-12-18(19)28-5)23-20(27)9-8-10-21-24-22(16(3)4)25-30-21/h11-12,15-16H,6-10,13-14H2,1-5H3,(H,23,27). The molecule has 8 heteroatoms. The van der Waals surface area contributed by atoms with Crippen LogP contribution in [-0.4, -0.2) is 54.3 Å². The van der Waals surface area contributed by atoms with Gasteiger partial charge in [-0.2, -0.15) is 4.98 Å². The Hall–Kier alpha value is -2.61. The van der Waals surface area contributed by atoms with E-state index in [0.29, 0.717) is 54.8 Å². The number of nitrogens with zero attached hydrogens (tertiary/aromatic N) is 3. The summed E-state index contributed by atoms with van der Waals surface area (Å²) in [4.78, 5) is 18.9. The molecule has 0 atom stereocenters. The third kappa shape index (κ3) is 7.33. The predicted octanol–water partition coefficient (Wildman–Crippen LogP) is 3.88. The molecule has 0 spiro atoms. The first-order chi connectivity index (χ1) is 14.5. The Morgan fingerprint density at radius 1 is 1.23 bits per heavy atom. The number of anilines is 1. The Balaban J connectivity index is 1.84. The van der Waals surface area contributed by atoms with Gasteiger partial charge in [-0.1, -0.05) is 32.9 Å². The maximum Gasteiger partial charge on any atom is 0.226 e. The van der Waals surface area contributed by atoms with Crippen LogP contribution in [0.25, 0.3) is 0 Å². The number of likely N-dealkylation sites (N-methyl/N-ethyl adjacent to an activating group) is 1. The van der Waals surface area contributed by atoms with Crippen molar-refractivity contribution in [2.24, 2.45) is 0 Å². The lowest BCUT2D eigenvalue weighted by molar-refractivity contribution is -0.116. The molecule has 166 valence electrons. The van der Waals surface area contributed by atoms with Gasteiger partial charge in [-0.15, -0.1) is 0 Å². The first-order valence-corrected chi connectivity index (χ1v) is 10.6. The molecular formula is C22H34N4O4. The van der Waals surface area contributed by atoms with Gasteiger partial charge in [0, 0.05) is 37.1 Å². The van der Waals surface area contributed by atoms with Crippen molar-refractivity contribution >= 4 is 11.6 Å². The van der Waals surface area contributed by atoms with Crippen LogP contribution in [0.15, 0.2) is 22.7 Å². The fourth-order valence-electron chi connectivity index (χ4n) is 2.92.